The summed E-state index contributed by atoms with van der Waals surface area (Å²) in [6.45, 7) is 4.53. The number of nitrogens with zero attached hydrogens (tertiary/aromatic N) is 1. The minimum absolute atomic E-state index is 0.0717. The average molecular weight is 273 g/mol. The first kappa shape index (κ1) is 13.6. The molecule has 3 unspecified atom stereocenters. The second kappa shape index (κ2) is 5.54. The Morgan fingerprint density at radius 2 is 2.05 bits per heavy atom. The summed E-state index contributed by atoms with van der Waals surface area (Å²) in [6.07, 6.45) is 2.38. The Morgan fingerprint density at radius 1 is 1.30 bits per heavy atom. The van der Waals surface area contributed by atoms with Crippen LogP contribution in [-0.4, -0.2) is 36.5 Å². The Hall–Kier alpha value is -1.39. The molecule has 1 amide bonds. The summed E-state index contributed by atoms with van der Waals surface area (Å²) in [4.78, 5) is 14.3. The molecule has 1 heterocycles. The van der Waals surface area contributed by atoms with E-state index in [9.17, 15) is 4.79 Å². The van der Waals surface area contributed by atoms with E-state index in [-0.39, 0.29) is 5.91 Å². The summed E-state index contributed by atoms with van der Waals surface area (Å²) in [5, 5.41) is 2.96. The van der Waals surface area contributed by atoms with E-state index in [0.717, 1.165) is 25.2 Å². The van der Waals surface area contributed by atoms with Crippen LogP contribution in [0.3, 0.4) is 0 Å². The van der Waals surface area contributed by atoms with Gasteiger partial charge in [0.2, 0.25) is 5.91 Å². The quantitative estimate of drug-likeness (QED) is 0.879. The van der Waals surface area contributed by atoms with Gasteiger partial charge in [-0.05, 0) is 43.7 Å². The molecule has 3 atom stereocenters. The molecular weight excluding hydrogens is 250 g/mol. The first-order valence-electron chi connectivity index (χ1n) is 7.46. The van der Waals surface area contributed by atoms with Gasteiger partial charge in [0.1, 0.15) is 0 Å². The zero-order valence-electron chi connectivity index (χ0n) is 12.0. The zero-order valence-corrected chi connectivity index (χ0v) is 12.0. The van der Waals surface area contributed by atoms with Gasteiger partial charge in [0.15, 0.2) is 0 Å². The summed E-state index contributed by atoms with van der Waals surface area (Å²) < 4.78 is 0. The Morgan fingerprint density at radius 3 is 2.75 bits per heavy atom. The second-order valence-electron chi connectivity index (χ2n) is 6.27. The molecule has 0 bridgehead atoms. The van der Waals surface area contributed by atoms with Crippen LogP contribution < -0.4 is 11.1 Å². The average Bonchev–Trinajstić information content (AvgIpc) is 2.95. The molecule has 3 N–H and O–H groups in total. The molecule has 1 aliphatic heterocycles. The lowest BCUT2D eigenvalue weighted by Crippen LogP contribution is -2.34. The van der Waals surface area contributed by atoms with E-state index in [1.807, 2.05) is 31.2 Å². The lowest BCUT2D eigenvalue weighted by Gasteiger charge is -2.17. The van der Waals surface area contributed by atoms with E-state index in [0.29, 0.717) is 24.4 Å². The van der Waals surface area contributed by atoms with Crippen molar-refractivity contribution in [1.29, 1.82) is 0 Å². The van der Waals surface area contributed by atoms with Gasteiger partial charge in [-0.1, -0.05) is 17.7 Å². The molecule has 2 fully saturated rings. The van der Waals surface area contributed by atoms with Gasteiger partial charge in [0.25, 0.3) is 0 Å². The number of nitrogens with two attached hydrogens (primary N) is 1. The normalized spacial score (nSPS) is 29.4. The molecule has 1 saturated heterocycles. The van der Waals surface area contributed by atoms with Crippen molar-refractivity contribution >= 4 is 11.6 Å². The highest BCUT2D eigenvalue weighted by molar-refractivity contribution is 5.92. The van der Waals surface area contributed by atoms with Gasteiger partial charge in [0, 0.05) is 24.8 Å². The fourth-order valence-electron chi connectivity index (χ4n) is 3.57. The van der Waals surface area contributed by atoms with Crippen LogP contribution in [-0.2, 0) is 4.79 Å². The fourth-order valence-corrected chi connectivity index (χ4v) is 3.57. The smallest absolute Gasteiger partial charge is 0.238 e. The highest BCUT2D eigenvalue weighted by Crippen LogP contribution is 2.36. The Bertz CT molecular complexity index is 485. The molecule has 20 heavy (non-hydrogen) atoms. The van der Waals surface area contributed by atoms with Crippen molar-refractivity contribution in [2.75, 3.05) is 25.0 Å². The largest absolute Gasteiger partial charge is 0.327 e. The third-order valence-electron chi connectivity index (χ3n) is 4.69. The topological polar surface area (TPSA) is 58.4 Å². The molecule has 4 heteroatoms. The first-order chi connectivity index (χ1) is 9.61. The number of likely N-dealkylation sites (tertiary alicyclic amines) is 1. The summed E-state index contributed by atoms with van der Waals surface area (Å²) in [5.74, 6) is 1.38. The standard InChI is InChI=1S/C16H23N3O/c1-11-2-5-13(6-3-11)18-16(20)10-19-8-12-4-7-15(17)14(12)9-19/h2-3,5-6,12,14-15H,4,7-10,17H2,1H3,(H,18,20). The zero-order chi connectivity index (χ0) is 14.1. The van der Waals surface area contributed by atoms with Gasteiger partial charge in [0.05, 0.1) is 6.54 Å². The van der Waals surface area contributed by atoms with Crippen LogP contribution in [0.4, 0.5) is 5.69 Å². The third kappa shape index (κ3) is 2.86. The van der Waals surface area contributed by atoms with Crippen LogP contribution in [0.15, 0.2) is 24.3 Å². The van der Waals surface area contributed by atoms with Crippen molar-refractivity contribution in [3.63, 3.8) is 0 Å². The molecule has 1 aliphatic carbocycles. The Balaban J connectivity index is 1.51. The molecule has 1 aromatic rings. The van der Waals surface area contributed by atoms with Crippen LogP contribution in [0.2, 0.25) is 0 Å². The summed E-state index contributed by atoms with van der Waals surface area (Å²) in [5.41, 5.74) is 8.19. The number of rotatable bonds is 3. The summed E-state index contributed by atoms with van der Waals surface area (Å²) in [7, 11) is 0. The highest BCUT2D eigenvalue weighted by Gasteiger charge is 2.41. The number of hydrogen-bond acceptors (Lipinski definition) is 3. The minimum Gasteiger partial charge on any atom is -0.327 e. The van der Waals surface area contributed by atoms with Crippen LogP contribution >= 0.6 is 0 Å². The van der Waals surface area contributed by atoms with E-state index in [2.05, 4.69) is 10.2 Å². The molecule has 1 aromatic carbocycles. The second-order valence-corrected chi connectivity index (χ2v) is 6.27. The lowest BCUT2D eigenvalue weighted by molar-refractivity contribution is -0.117. The summed E-state index contributed by atoms with van der Waals surface area (Å²) in [6, 6.07) is 8.25. The molecule has 4 nitrogen and oxygen atoms in total. The molecule has 1 saturated carbocycles. The van der Waals surface area contributed by atoms with Crippen LogP contribution in [0, 0.1) is 18.8 Å². The maximum absolute atomic E-state index is 12.1. The predicted octanol–water partition coefficient (Wildman–Crippen LogP) is 1.60. The van der Waals surface area contributed by atoms with Crippen LogP contribution in [0.1, 0.15) is 18.4 Å². The third-order valence-corrected chi connectivity index (χ3v) is 4.69. The SMILES string of the molecule is Cc1ccc(NC(=O)CN2CC3CCC(N)C3C2)cc1. The number of hydrogen-bond donors (Lipinski definition) is 2. The van der Waals surface area contributed by atoms with Crippen molar-refractivity contribution in [3.8, 4) is 0 Å². The van der Waals surface area contributed by atoms with Crippen molar-refractivity contribution in [2.45, 2.75) is 25.8 Å². The molecule has 0 radical (unpaired) electrons. The number of carbonyl (C=O) groups is 1. The van der Waals surface area contributed by atoms with Gasteiger partial charge in [-0.2, -0.15) is 0 Å². The van der Waals surface area contributed by atoms with Crippen molar-refractivity contribution in [2.24, 2.45) is 17.6 Å². The van der Waals surface area contributed by atoms with E-state index in [1.54, 1.807) is 0 Å². The van der Waals surface area contributed by atoms with E-state index in [1.165, 1.54) is 12.0 Å². The molecular formula is C16H23N3O. The number of amides is 1. The van der Waals surface area contributed by atoms with Crippen LogP contribution in [0.5, 0.6) is 0 Å². The number of nitrogens with one attached hydrogen (secondary N) is 1. The molecule has 3 rings (SSSR count). The van der Waals surface area contributed by atoms with E-state index in [4.69, 9.17) is 5.73 Å². The Labute approximate surface area is 120 Å². The lowest BCUT2D eigenvalue weighted by atomic mass is 9.98. The van der Waals surface area contributed by atoms with Gasteiger partial charge in [-0.3, -0.25) is 9.69 Å². The summed E-state index contributed by atoms with van der Waals surface area (Å²) >= 11 is 0. The van der Waals surface area contributed by atoms with Gasteiger partial charge >= 0.3 is 0 Å². The maximum atomic E-state index is 12.1. The van der Waals surface area contributed by atoms with Crippen molar-refractivity contribution < 1.29 is 4.79 Å². The van der Waals surface area contributed by atoms with Gasteiger partial charge in [-0.25, -0.2) is 0 Å². The van der Waals surface area contributed by atoms with E-state index < -0.39 is 0 Å². The van der Waals surface area contributed by atoms with Gasteiger partial charge < -0.3 is 11.1 Å². The van der Waals surface area contributed by atoms with Crippen LogP contribution in [0.25, 0.3) is 0 Å². The molecule has 0 aromatic heterocycles. The Kier molecular flexibility index (Phi) is 3.76. The predicted molar refractivity (Wildman–Crippen MR) is 80.4 cm³/mol. The molecule has 2 aliphatic rings. The number of benzene rings is 1. The number of carbonyl (C=O) groups excluding carboxylic acids is 1. The number of aryl methyl sites for hydroxylation is 1. The highest BCUT2D eigenvalue weighted by atomic mass is 16.2. The van der Waals surface area contributed by atoms with Crippen molar-refractivity contribution in [3.05, 3.63) is 29.8 Å². The fraction of sp³-hybridized carbons (Fsp3) is 0.562. The number of fused-ring (bicyclic) bond motifs is 1. The van der Waals surface area contributed by atoms with Crippen molar-refractivity contribution in [1.82, 2.24) is 4.90 Å². The maximum Gasteiger partial charge on any atom is 0.238 e. The molecule has 0 spiro atoms. The first-order valence-corrected chi connectivity index (χ1v) is 7.46. The number of anilines is 1. The molecule has 108 valence electrons. The monoisotopic (exact) mass is 273 g/mol. The van der Waals surface area contributed by atoms with E-state index >= 15 is 0 Å². The minimum atomic E-state index is 0.0717. The van der Waals surface area contributed by atoms with Gasteiger partial charge in [-0.15, -0.1) is 0 Å².